The van der Waals surface area contributed by atoms with Crippen LogP contribution < -0.4 is 25.2 Å². The van der Waals surface area contributed by atoms with Crippen LogP contribution in [-0.4, -0.2) is 50.5 Å². The fraction of sp³-hybridized carbons (Fsp3) is 0.208. The molecule has 6 N–H and O–H groups in total. The number of methoxy groups -OCH3 is 1. The zero-order chi connectivity index (χ0) is 24.8. The standard InChI is InChI=1S/C24H27N5O5S/c1-33-24-21-9-8-19(14-22(21)27-28-24)34-11-10-26-15-23(30)16-4-2-6-18(12-16)29-35(31,32)20-7-3-5-17(25)13-20/h2-9,12-14,23,26,29-30H,10-11,15,25H2,1H3,(H,27,28)/t23-/m0/s1. The molecule has 184 valence electrons. The number of sulfonamides is 1. The zero-order valence-electron chi connectivity index (χ0n) is 19.1. The number of aromatic nitrogens is 2. The largest absolute Gasteiger partial charge is 0.492 e. The number of nitrogens with two attached hydrogens (primary N) is 1. The highest BCUT2D eigenvalue weighted by molar-refractivity contribution is 7.92. The van der Waals surface area contributed by atoms with Crippen molar-refractivity contribution in [2.24, 2.45) is 0 Å². The summed E-state index contributed by atoms with van der Waals surface area (Å²) in [6.45, 7) is 1.16. The summed E-state index contributed by atoms with van der Waals surface area (Å²) in [7, 11) is -2.23. The second-order valence-electron chi connectivity index (χ2n) is 7.81. The molecule has 4 rings (SSSR count). The fourth-order valence-corrected chi connectivity index (χ4v) is 4.63. The van der Waals surface area contributed by atoms with Gasteiger partial charge in [-0.1, -0.05) is 18.2 Å². The molecule has 35 heavy (non-hydrogen) atoms. The molecule has 11 heteroatoms. The smallest absolute Gasteiger partial charge is 0.261 e. The van der Waals surface area contributed by atoms with Gasteiger partial charge in [0, 0.05) is 30.5 Å². The molecular weight excluding hydrogens is 470 g/mol. The molecule has 0 unspecified atom stereocenters. The molecule has 0 amide bonds. The van der Waals surface area contributed by atoms with Crippen LogP contribution >= 0.6 is 0 Å². The van der Waals surface area contributed by atoms with Gasteiger partial charge in [-0.3, -0.25) is 9.82 Å². The Balaban J connectivity index is 1.27. The number of aliphatic hydroxyl groups excluding tert-OH is 1. The monoisotopic (exact) mass is 497 g/mol. The average molecular weight is 498 g/mol. The average Bonchev–Trinajstić information content (AvgIpc) is 3.26. The van der Waals surface area contributed by atoms with Crippen molar-refractivity contribution in [3.05, 3.63) is 72.3 Å². The lowest BCUT2D eigenvalue weighted by Gasteiger charge is -2.15. The number of ether oxygens (including phenoxy) is 2. The summed E-state index contributed by atoms with van der Waals surface area (Å²) >= 11 is 0. The van der Waals surface area contributed by atoms with Crippen molar-refractivity contribution in [3.8, 4) is 11.6 Å². The molecule has 0 saturated carbocycles. The molecule has 1 atom stereocenters. The third-order valence-corrected chi connectivity index (χ3v) is 6.65. The summed E-state index contributed by atoms with van der Waals surface area (Å²) in [5.41, 5.74) is 7.78. The molecule has 0 fully saturated rings. The van der Waals surface area contributed by atoms with E-state index in [1.54, 1.807) is 43.5 Å². The molecule has 1 aromatic heterocycles. The van der Waals surface area contributed by atoms with Gasteiger partial charge in [-0.25, -0.2) is 8.42 Å². The first kappa shape index (κ1) is 24.3. The molecule has 10 nitrogen and oxygen atoms in total. The van der Waals surface area contributed by atoms with Crippen LogP contribution in [0.15, 0.2) is 71.6 Å². The molecule has 0 radical (unpaired) electrons. The minimum absolute atomic E-state index is 0.0657. The second-order valence-corrected chi connectivity index (χ2v) is 9.49. The van der Waals surface area contributed by atoms with Crippen molar-refractivity contribution in [3.63, 3.8) is 0 Å². The number of anilines is 2. The van der Waals surface area contributed by atoms with Gasteiger partial charge in [0.15, 0.2) is 0 Å². The van der Waals surface area contributed by atoms with Gasteiger partial charge in [-0.15, -0.1) is 5.10 Å². The Labute approximate surface area is 203 Å². The van der Waals surface area contributed by atoms with Gasteiger partial charge in [0.25, 0.3) is 10.0 Å². The fourth-order valence-electron chi connectivity index (χ4n) is 3.52. The van der Waals surface area contributed by atoms with Crippen molar-refractivity contribution >= 4 is 32.3 Å². The first-order chi connectivity index (χ1) is 16.9. The molecular formula is C24H27N5O5S. The highest BCUT2D eigenvalue weighted by Gasteiger charge is 2.16. The van der Waals surface area contributed by atoms with Crippen LogP contribution in [0.4, 0.5) is 11.4 Å². The normalized spacial score (nSPS) is 12.4. The molecule has 0 bridgehead atoms. The van der Waals surface area contributed by atoms with E-state index >= 15 is 0 Å². The SMILES string of the molecule is COc1n[nH]c2cc(OCCNC[C@H](O)c3cccc(NS(=O)(=O)c4cccc(N)c4)c3)ccc12. The van der Waals surface area contributed by atoms with Gasteiger partial charge in [0.05, 0.1) is 29.0 Å². The lowest BCUT2D eigenvalue weighted by atomic mass is 10.1. The van der Waals surface area contributed by atoms with Crippen LogP contribution in [0.25, 0.3) is 10.9 Å². The van der Waals surface area contributed by atoms with Crippen LogP contribution in [0.1, 0.15) is 11.7 Å². The zero-order valence-corrected chi connectivity index (χ0v) is 19.9. The maximum Gasteiger partial charge on any atom is 0.261 e. The Morgan fingerprint density at radius 1 is 1.11 bits per heavy atom. The van der Waals surface area contributed by atoms with Gasteiger partial charge < -0.3 is 25.6 Å². The molecule has 0 aliphatic heterocycles. The number of aliphatic hydroxyl groups is 1. The van der Waals surface area contributed by atoms with Crippen molar-refractivity contribution < 1.29 is 23.0 Å². The molecule has 0 aliphatic carbocycles. The Kier molecular flexibility index (Phi) is 7.39. The first-order valence-electron chi connectivity index (χ1n) is 10.9. The van der Waals surface area contributed by atoms with E-state index in [9.17, 15) is 13.5 Å². The van der Waals surface area contributed by atoms with E-state index in [2.05, 4.69) is 20.2 Å². The second kappa shape index (κ2) is 10.6. The highest BCUT2D eigenvalue weighted by Crippen LogP contribution is 2.26. The third kappa shape index (κ3) is 6.01. The minimum atomic E-state index is -3.80. The van der Waals surface area contributed by atoms with E-state index < -0.39 is 16.1 Å². The van der Waals surface area contributed by atoms with E-state index in [0.717, 1.165) is 10.9 Å². The quantitative estimate of drug-likeness (QED) is 0.157. The number of hydrogen-bond acceptors (Lipinski definition) is 8. The summed E-state index contributed by atoms with van der Waals surface area (Å²) in [4.78, 5) is 0.0657. The van der Waals surface area contributed by atoms with Crippen molar-refractivity contribution in [2.45, 2.75) is 11.0 Å². The van der Waals surface area contributed by atoms with Crippen LogP contribution in [0.5, 0.6) is 11.6 Å². The molecule has 4 aromatic rings. The van der Waals surface area contributed by atoms with E-state index in [0.29, 0.717) is 41.7 Å². The van der Waals surface area contributed by atoms with Gasteiger partial charge in [0.1, 0.15) is 12.4 Å². The van der Waals surface area contributed by atoms with Gasteiger partial charge in [-0.05, 0) is 48.0 Å². The lowest BCUT2D eigenvalue weighted by Crippen LogP contribution is -2.26. The third-order valence-electron chi connectivity index (χ3n) is 5.27. The van der Waals surface area contributed by atoms with Gasteiger partial charge in [0.2, 0.25) is 5.88 Å². The van der Waals surface area contributed by atoms with E-state index in [-0.39, 0.29) is 11.4 Å². The Bertz CT molecular complexity index is 1410. The number of nitrogens with zero attached hydrogens (tertiary/aromatic N) is 1. The molecule has 3 aromatic carbocycles. The molecule has 0 saturated heterocycles. The Morgan fingerprint density at radius 2 is 1.94 bits per heavy atom. The van der Waals surface area contributed by atoms with E-state index in [1.165, 1.54) is 12.1 Å². The first-order valence-corrected chi connectivity index (χ1v) is 12.4. The van der Waals surface area contributed by atoms with Gasteiger partial charge in [-0.2, -0.15) is 0 Å². The predicted molar refractivity (Wildman–Crippen MR) is 134 cm³/mol. The number of rotatable bonds is 11. The number of nitrogens with one attached hydrogen (secondary N) is 3. The van der Waals surface area contributed by atoms with Crippen molar-refractivity contribution in [1.29, 1.82) is 0 Å². The van der Waals surface area contributed by atoms with E-state index in [1.807, 2.05) is 18.2 Å². The number of benzene rings is 3. The highest BCUT2D eigenvalue weighted by atomic mass is 32.2. The topological polar surface area (TPSA) is 152 Å². The van der Waals surface area contributed by atoms with Crippen LogP contribution in [0.3, 0.4) is 0 Å². The van der Waals surface area contributed by atoms with Crippen molar-refractivity contribution in [2.75, 3.05) is 37.3 Å². The Hall–Kier alpha value is -3.80. The minimum Gasteiger partial charge on any atom is -0.492 e. The number of H-pyrrole nitrogens is 1. The molecule has 1 heterocycles. The lowest BCUT2D eigenvalue weighted by molar-refractivity contribution is 0.172. The number of aromatic amines is 1. The summed E-state index contributed by atoms with van der Waals surface area (Å²) in [6, 6.07) is 18.2. The predicted octanol–water partition coefficient (Wildman–Crippen LogP) is 2.66. The maximum atomic E-state index is 12.6. The molecule has 0 aliphatic rings. The summed E-state index contributed by atoms with van der Waals surface area (Å²) in [5, 5.41) is 21.5. The van der Waals surface area contributed by atoms with Crippen molar-refractivity contribution in [1.82, 2.24) is 15.5 Å². The number of nitrogen functional groups attached to an aromatic ring is 1. The van der Waals surface area contributed by atoms with Crippen LogP contribution in [0.2, 0.25) is 0 Å². The van der Waals surface area contributed by atoms with Crippen LogP contribution in [-0.2, 0) is 10.0 Å². The maximum absolute atomic E-state index is 12.6. The van der Waals surface area contributed by atoms with E-state index in [4.69, 9.17) is 15.2 Å². The van der Waals surface area contributed by atoms with Crippen LogP contribution in [0, 0.1) is 0 Å². The summed E-state index contributed by atoms with van der Waals surface area (Å²) in [5.74, 6) is 1.22. The number of hydrogen-bond donors (Lipinski definition) is 5. The summed E-state index contributed by atoms with van der Waals surface area (Å²) < 4.78 is 38.7. The summed E-state index contributed by atoms with van der Waals surface area (Å²) in [6.07, 6.45) is -0.833. The Morgan fingerprint density at radius 3 is 2.74 bits per heavy atom. The molecule has 0 spiro atoms. The van der Waals surface area contributed by atoms with Gasteiger partial charge >= 0.3 is 0 Å². The number of fused-ring (bicyclic) bond motifs is 1.